The summed E-state index contributed by atoms with van der Waals surface area (Å²) in [6.45, 7) is 2.00. The molecule has 25 heavy (non-hydrogen) atoms. The number of piperidine rings is 1. The zero-order valence-electron chi connectivity index (χ0n) is 14.5. The summed E-state index contributed by atoms with van der Waals surface area (Å²) in [4.78, 5) is 27.2. The molecular formula is C18H24N4O2S. The number of aryl methyl sites for hydroxylation is 2. The minimum Gasteiger partial charge on any atom is -0.356 e. The number of thiophene rings is 1. The molecule has 1 N–H and O–H groups in total. The Bertz CT molecular complexity index is 702. The summed E-state index contributed by atoms with van der Waals surface area (Å²) in [5.41, 5.74) is 1.19. The van der Waals surface area contributed by atoms with Gasteiger partial charge in [0.15, 0.2) is 0 Å². The molecule has 0 aromatic carbocycles. The van der Waals surface area contributed by atoms with Gasteiger partial charge in [-0.3, -0.25) is 14.3 Å². The highest BCUT2D eigenvalue weighted by molar-refractivity contribution is 7.12. The highest BCUT2D eigenvalue weighted by atomic mass is 32.1. The molecule has 2 aromatic rings. The zero-order valence-corrected chi connectivity index (χ0v) is 15.3. The third kappa shape index (κ3) is 4.69. The number of hydrogen-bond acceptors (Lipinski definition) is 4. The Morgan fingerprint density at radius 1 is 1.36 bits per heavy atom. The number of rotatable bonds is 6. The first-order valence-electron chi connectivity index (χ1n) is 8.71. The molecule has 1 aliphatic rings. The highest BCUT2D eigenvalue weighted by Gasteiger charge is 2.27. The number of nitrogens with zero attached hydrogens (tertiary/aromatic N) is 3. The molecule has 3 heterocycles. The highest BCUT2D eigenvalue weighted by Crippen LogP contribution is 2.20. The number of likely N-dealkylation sites (tertiary alicyclic amines) is 1. The molecular weight excluding hydrogens is 336 g/mol. The summed E-state index contributed by atoms with van der Waals surface area (Å²) >= 11 is 1.47. The molecule has 0 aliphatic carbocycles. The molecule has 1 fully saturated rings. The van der Waals surface area contributed by atoms with Crippen LogP contribution in [0.25, 0.3) is 0 Å². The van der Waals surface area contributed by atoms with E-state index in [2.05, 4.69) is 10.4 Å². The van der Waals surface area contributed by atoms with Crippen LogP contribution in [-0.2, 0) is 18.3 Å². The third-order valence-electron chi connectivity index (χ3n) is 4.58. The van der Waals surface area contributed by atoms with Gasteiger partial charge >= 0.3 is 0 Å². The van der Waals surface area contributed by atoms with Gasteiger partial charge in [0.1, 0.15) is 0 Å². The van der Waals surface area contributed by atoms with Gasteiger partial charge in [-0.25, -0.2) is 0 Å². The molecule has 0 radical (unpaired) electrons. The average molecular weight is 360 g/mol. The van der Waals surface area contributed by atoms with Crippen LogP contribution in [0.1, 0.15) is 34.5 Å². The van der Waals surface area contributed by atoms with Crippen LogP contribution in [0.3, 0.4) is 0 Å². The van der Waals surface area contributed by atoms with Gasteiger partial charge in [-0.1, -0.05) is 6.07 Å². The normalized spacial score (nSPS) is 15.3. The smallest absolute Gasteiger partial charge is 0.263 e. The number of aromatic nitrogens is 2. The molecule has 0 unspecified atom stereocenters. The predicted octanol–water partition coefficient (Wildman–Crippen LogP) is 2.08. The summed E-state index contributed by atoms with van der Waals surface area (Å²) in [6, 6.07) is 3.75. The zero-order chi connectivity index (χ0) is 17.6. The molecule has 7 heteroatoms. The van der Waals surface area contributed by atoms with Crippen molar-refractivity contribution in [3.63, 3.8) is 0 Å². The average Bonchev–Trinajstić information content (AvgIpc) is 3.30. The summed E-state index contributed by atoms with van der Waals surface area (Å²) in [5, 5.41) is 9.09. The topological polar surface area (TPSA) is 67.2 Å². The molecule has 0 spiro atoms. The van der Waals surface area contributed by atoms with E-state index in [9.17, 15) is 9.59 Å². The summed E-state index contributed by atoms with van der Waals surface area (Å²) in [7, 11) is 1.90. The second kappa shape index (κ2) is 8.29. The molecule has 1 saturated heterocycles. The third-order valence-corrected chi connectivity index (χ3v) is 5.44. The van der Waals surface area contributed by atoms with Crippen LogP contribution in [0.4, 0.5) is 0 Å². The maximum atomic E-state index is 12.3. The van der Waals surface area contributed by atoms with Crippen LogP contribution in [-0.4, -0.2) is 46.1 Å². The number of carbonyl (C=O) groups is 2. The maximum absolute atomic E-state index is 12.3. The fourth-order valence-electron chi connectivity index (χ4n) is 3.15. The SMILES string of the molecule is Cn1cc(CCCNC(=O)C2CCN(C(=O)c3cccs3)CC2)cn1. The fourth-order valence-corrected chi connectivity index (χ4v) is 3.84. The minimum absolute atomic E-state index is 0.0192. The number of carbonyl (C=O) groups excluding carboxylic acids is 2. The van der Waals surface area contributed by atoms with E-state index in [1.54, 1.807) is 4.68 Å². The van der Waals surface area contributed by atoms with Gasteiger partial charge in [0.25, 0.3) is 5.91 Å². The van der Waals surface area contributed by atoms with E-state index in [1.807, 2.05) is 41.9 Å². The van der Waals surface area contributed by atoms with Crippen molar-refractivity contribution >= 4 is 23.2 Å². The van der Waals surface area contributed by atoms with Gasteiger partial charge in [0.05, 0.1) is 11.1 Å². The van der Waals surface area contributed by atoms with Crippen molar-refractivity contribution in [1.29, 1.82) is 0 Å². The van der Waals surface area contributed by atoms with E-state index in [4.69, 9.17) is 0 Å². The van der Waals surface area contributed by atoms with Crippen molar-refractivity contribution in [3.05, 3.63) is 40.3 Å². The van der Waals surface area contributed by atoms with Crippen molar-refractivity contribution < 1.29 is 9.59 Å². The predicted molar refractivity (Wildman–Crippen MR) is 97.5 cm³/mol. The van der Waals surface area contributed by atoms with E-state index in [1.165, 1.54) is 16.9 Å². The largest absolute Gasteiger partial charge is 0.356 e. The van der Waals surface area contributed by atoms with Crippen molar-refractivity contribution in [3.8, 4) is 0 Å². The van der Waals surface area contributed by atoms with E-state index in [0.717, 1.165) is 30.6 Å². The summed E-state index contributed by atoms with van der Waals surface area (Å²) < 4.78 is 1.79. The first-order valence-corrected chi connectivity index (χ1v) is 9.59. The Kier molecular flexibility index (Phi) is 5.86. The van der Waals surface area contributed by atoms with Gasteiger partial charge in [-0.05, 0) is 42.7 Å². The van der Waals surface area contributed by atoms with E-state index in [-0.39, 0.29) is 17.7 Å². The minimum atomic E-state index is 0.0192. The van der Waals surface area contributed by atoms with Gasteiger partial charge in [0.2, 0.25) is 5.91 Å². The number of nitrogens with one attached hydrogen (secondary N) is 1. The lowest BCUT2D eigenvalue weighted by Crippen LogP contribution is -2.43. The van der Waals surface area contributed by atoms with Gasteiger partial charge in [-0.15, -0.1) is 11.3 Å². The monoisotopic (exact) mass is 360 g/mol. The van der Waals surface area contributed by atoms with E-state index in [0.29, 0.717) is 19.6 Å². The fraction of sp³-hybridized carbons (Fsp3) is 0.500. The van der Waals surface area contributed by atoms with Crippen molar-refractivity contribution in [2.75, 3.05) is 19.6 Å². The van der Waals surface area contributed by atoms with Crippen molar-refractivity contribution in [2.24, 2.45) is 13.0 Å². The Balaban J connectivity index is 1.36. The Labute approximate surface area is 151 Å². The van der Waals surface area contributed by atoms with E-state index < -0.39 is 0 Å². The number of hydrogen-bond donors (Lipinski definition) is 1. The lowest BCUT2D eigenvalue weighted by Gasteiger charge is -2.31. The Morgan fingerprint density at radius 2 is 2.16 bits per heavy atom. The Morgan fingerprint density at radius 3 is 2.80 bits per heavy atom. The molecule has 2 amide bonds. The van der Waals surface area contributed by atoms with Crippen LogP contribution in [0.2, 0.25) is 0 Å². The van der Waals surface area contributed by atoms with Gasteiger partial charge < -0.3 is 10.2 Å². The molecule has 6 nitrogen and oxygen atoms in total. The van der Waals surface area contributed by atoms with Crippen LogP contribution in [0, 0.1) is 5.92 Å². The molecule has 134 valence electrons. The van der Waals surface area contributed by atoms with Gasteiger partial charge in [0, 0.05) is 38.8 Å². The van der Waals surface area contributed by atoms with Crippen LogP contribution >= 0.6 is 11.3 Å². The lowest BCUT2D eigenvalue weighted by molar-refractivity contribution is -0.126. The van der Waals surface area contributed by atoms with Crippen LogP contribution in [0.15, 0.2) is 29.9 Å². The molecule has 1 aliphatic heterocycles. The molecule has 2 aromatic heterocycles. The van der Waals surface area contributed by atoms with Crippen molar-refractivity contribution in [2.45, 2.75) is 25.7 Å². The standard InChI is InChI=1S/C18H24N4O2S/c1-21-13-14(12-20-21)4-2-8-19-17(23)15-6-9-22(10-7-15)18(24)16-5-3-11-25-16/h3,5,11-13,15H,2,4,6-10H2,1H3,(H,19,23). The molecule has 3 rings (SSSR count). The second-order valence-electron chi connectivity index (χ2n) is 6.46. The molecule has 0 atom stereocenters. The van der Waals surface area contributed by atoms with E-state index >= 15 is 0 Å². The van der Waals surface area contributed by atoms with Crippen molar-refractivity contribution in [1.82, 2.24) is 20.0 Å². The van der Waals surface area contributed by atoms with Gasteiger partial charge in [-0.2, -0.15) is 5.10 Å². The summed E-state index contributed by atoms with van der Waals surface area (Å²) in [5.74, 6) is 0.227. The second-order valence-corrected chi connectivity index (χ2v) is 7.41. The maximum Gasteiger partial charge on any atom is 0.263 e. The lowest BCUT2D eigenvalue weighted by atomic mass is 9.95. The van der Waals surface area contributed by atoms with Crippen LogP contribution in [0.5, 0.6) is 0 Å². The quantitative estimate of drug-likeness (QED) is 0.802. The number of amides is 2. The summed E-state index contributed by atoms with van der Waals surface area (Å²) in [6.07, 6.45) is 7.18. The molecule has 0 saturated carbocycles. The Hall–Kier alpha value is -2.15. The first-order chi connectivity index (χ1) is 12.1. The molecule has 0 bridgehead atoms. The van der Waals surface area contributed by atoms with Crippen LogP contribution < -0.4 is 5.32 Å². The first kappa shape index (κ1) is 17.7.